The topological polar surface area (TPSA) is 123 Å². The monoisotopic (exact) mass is 394 g/mol. The van der Waals surface area contributed by atoms with Gasteiger partial charge in [-0.2, -0.15) is 0 Å². The summed E-state index contributed by atoms with van der Waals surface area (Å²) in [6.07, 6.45) is 1.85. The van der Waals surface area contributed by atoms with Crippen molar-refractivity contribution in [1.82, 2.24) is 0 Å². The number of hydrogen-bond donors (Lipinski definition) is 3. The molecule has 0 saturated carbocycles. The first-order chi connectivity index (χ1) is 13.3. The summed E-state index contributed by atoms with van der Waals surface area (Å²) in [7, 11) is 0. The van der Waals surface area contributed by atoms with E-state index in [0.29, 0.717) is 18.4 Å². The van der Waals surface area contributed by atoms with Crippen molar-refractivity contribution in [2.75, 3.05) is 13.2 Å². The lowest BCUT2D eigenvalue weighted by atomic mass is 9.84. The van der Waals surface area contributed by atoms with E-state index in [0.717, 1.165) is 11.6 Å². The molecule has 8 nitrogen and oxygen atoms in total. The molecule has 1 saturated heterocycles. The van der Waals surface area contributed by atoms with Crippen LogP contribution in [0.5, 0.6) is 0 Å². The normalized spacial score (nSPS) is 30.9. The van der Waals surface area contributed by atoms with E-state index in [1.54, 1.807) is 6.08 Å². The van der Waals surface area contributed by atoms with Gasteiger partial charge in [0.2, 0.25) is 0 Å². The first kappa shape index (κ1) is 22.0. The third-order valence-corrected chi connectivity index (χ3v) is 4.99. The molecule has 0 aromatic rings. The molecule has 0 aromatic carbocycles. The number of carbonyl (C=O) groups excluding carboxylic acids is 2. The van der Waals surface area contributed by atoms with Crippen molar-refractivity contribution in [1.29, 1.82) is 0 Å². The second kappa shape index (κ2) is 9.79. The number of fused-ring (bicyclic) bond motifs is 1. The summed E-state index contributed by atoms with van der Waals surface area (Å²) in [6, 6.07) is 0. The molecule has 1 aliphatic heterocycles. The van der Waals surface area contributed by atoms with Crippen molar-refractivity contribution < 1.29 is 39.4 Å². The number of hydrogen-bond acceptors (Lipinski definition) is 8. The third-order valence-electron chi connectivity index (χ3n) is 4.99. The molecule has 0 unspecified atom stereocenters. The molecule has 28 heavy (non-hydrogen) atoms. The molecule has 8 heteroatoms. The summed E-state index contributed by atoms with van der Waals surface area (Å²) in [6.45, 7) is 8.52. The summed E-state index contributed by atoms with van der Waals surface area (Å²) in [5, 5.41) is 27.5. The van der Waals surface area contributed by atoms with E-state index in [9.17, 15) is 20.0 Å². The fraction of sp³-hybridized carbons (Fsp3) is 0.500. The predicted molar refractivity (Wildman–Crippen MR) is 98.9 cm³/mol. The average Bonchev–Trinajstić information content (AvgIpc) is 2.92. The van der Waals surface area contributed by atoms with Crippen LogP contribution in [-0.4, -0.2) is 58.9 Å². The highest BCUT2D eigenvalue weighted by Crippen LogP contribution is 2.37. The summed E-state index contributed by atoms with van der Waals surface area (Å²) < 4.78 is 11.0. The Morgan fingerprint density at radius 2 is 2.11 bits per heavy atom. The van der Waals surface area contributed by atoms with Crippen LogP contribution in [0.2, 0.25) is 0 Å². The Morgan fingerprint density at radius 3 is 2.71 bits per heavy atom. The van der Waals surface area contributed by atoms with Crippen LogP contribution in [0.25, 0.3) is 0 Å². The van der Waals surface area contributed by atoms with Crippen molar-refractivity contribution in [3.8, 4) is 0 Å². The van der Waals surface area contributed by atoms with Crippen LogP contribution in [0.3, 0.4) is 0 Å². The van der Waals surface area contributed by atoms with Gasteiger partial charge < -0.3 is 19.7 Å². The van der Waals surface area contributed by atoms with Crippen molar-refractivity contribution >= 4 is 11.9 Å². The smallest absolute Gasteiger partial charge is 0.336 e. The molecular formula is C20H26O8. The van der Waals surface area contributed by atoms with Gasteiger partial charge in [-0.1, -0.05) is 18.7 Å². The fourth-order valence-corrected chi connectivity index (χ4v) is 3.40. The SMILES string of the molecule is C=C1C(=O)O[C@@H]2/C=C(\C)CC[C@@H](OO)C(=C)C[C@@H](OC(=O)/C(=C/CO)CO)[C@@H]12. The Balaban J connectivity index is 2.41. The molecule has 0 bridgehead atoms. The molecule has 1 aliphatic carbocycles. The van der Waals surface area contributed by atoms with Crippen molar-refractivity contribution in [2.24, 2.45) is 5.92 Å². The van der Waals surface area contributed by atoms with Crippen LogP contribution in [0.1, 0.15) is 26.2 Å². The van der Waals surface area contributed by atoms with Gasteiger partial charge in [-0.15, -0.1) is 0 Å². The highest BCUT2D eigenvalue weighted by molar-refractivity contribution is 5.92. The van der Waals surface area contributed by atoms with Crippen molar-refractivity contribution in [3.05, 3.63) is 47.6 Å². The maximum atomic E-state index is 12.4. The van der Waals surface area contributed by atoms with E-state index < -0.39 is 49.4 Å². The molecule has 3 N–H and O–H groups in total. The Kier molecular flexibility index (Phi) is 7.70. The minimum absolute atomic E-state index is 0.0957. The van der Waals surface area contributed by atoms with Crippen LogP contribution < -0.4 is 0 Å². The van der Waals surface area contributed by atoms with Crippen molar-refractivity contribution in [2.45, 2.75) is 44.5 Å². The van der Waals surface area contributed by atoms with E-state index in [1.807, 2.05) is 6.92 Å². The Labute approximate surface area is 163 Å². The van der Waals surface area contributed by atoms with Crippen LogP contribution in [0.15, 0.2) is 47.6 Å². The van der Waals surface area contributed by atoms with Gasteiger partial charge in [0, 0.05) is 12.0 Å². The lowest BCUT2D eigenvalue weighted by Gasteiger charge is -2.29. The molecule has 0 amide bonds. The Bertz CT molecular complexity index is 705. The van der Waals surface area contributed by atoms with Crippen LogP contribution >= 0.6 is 0 Å². The largest absolute Gasteiger partial charge is 0.458 e. The number of esters is 2. The predicted octanol–water partition coefficient (Wildman–Crippen LogP) is 1.45. The highest BCUT2D eigenvalue weighted by atomic mass is 17.1. The third kappa shape index (κ3) is 4.96. The minimum Gasteiger partial charge on any atom is -0.458 e. The first-order valence-corrected chi connectivity index (χ1v) is 8.99. The summed E-state index contributed by atoms with van der Waals surface area (Å²) in [5.41, 5.74) is 1.45. The average molecular weight is 394 g/mol. The Hall–Kier alpha value is -2.26. The number of aliphatic hydroxyl groups is 2. The van der Waals surface area contributed by atoms with Crippen molar-refractivity contribution in [3.63, 3.8) is 0 Å². The quantitative estimate of drug-likeness (QED) is 0.211. The first-order valence-electron chi connectivity index (χ1n) is 8.99. The summed E-state index contributed by atoms with van der Waals surface area (Å²) >= 11 is 0. The molecule has 0 aromatic heterocycles. The molecule has 2 aliphatic rings. The second-order valence-corrected chi connectivity index (χ2v) is 6.94. The van der Waals surface area contributed by atoms with Gasteiger partial charge in [0.15, 0.2) is 0 Å². The van der Waals surface area contributed by atoms with Gasteiger partial charge in [0.1, 0.15) is 18.3 Å². The Morgan fingerprint density at radius 1 is 1.39 bits per heavy atom. The van der Waals surface area contributed by atoms with Gasteiger partial charge in [-0.05, 0) is 37.5 Å². The van der Waals surface area contributed by atoms with Crippen LogP contribution in [-0.2, 0) is 24.0 Å². The fourth-order valence-electron chi connectivity index (χ4n) is 3.40. The molecule has 2 rings (SSSR count). The van der Waals surface area contributed by atoms with Gasteiger partial charge in [0.25, 0.3) is 0 Å². The van der Waals surface area contributed by atoms with Gasteiger partial charge in [-0.3, -0.25) is 5.26 Å². The van der Waals surface area contributed by atoms with E-state index in [1.165, 1.54) is 0 Å². The molecule has 154 valence electrons. The zero-order valence-electron chi connectivity index (χ0n) is 15.8. The highest BCUT2D eigenvalue weighted by Gasteiger charge is 2.45. The van der Waals surface area contributed by atoms with Crippen LogP contribution in [0.4, 0.5) is 0 Å². The number of ether oxygens (including phenoxy) is 2. The van der Waals surface area contributed by atoms with Gasteiger partial charge in [0.05, 0.1) is 24.7 Å². The van der Waals surface area contributed by atoms with E-state index in [-0.39, 0.29) is 17.6 Å². The van der Waals surface area contributed by atoms with E-state index in [2.05, 4.69) is 18.0 Å². The van der Waals surface area contributed by atoms with Gasteiger partial charge in [-0.25, -0.2) is 14.5 Å². The maximum absolute atomic E-state index is 12.4. The molecular weight excluding hydrogens is 368 g/mol. The van der Waals surface area contributed by atoms with Crippen LogP contribution in [0, 0.1) is 5.92 Å². The summed E-state index contributed by atoms with van der Waals surface area (Å²) in [4.78, 5) is 29.1. The van der Waals surface area contributed by atoms with E-state index in [4.69, 9.17) is 14.6 Å². The number of carbonyl (C=O) groups is 2. The standard InChI is InChI=1S/C20H26O8/c1-11-4-5-15(28-25)12(2)9-17(27-20(24)14(10-22)6-7-21)18-13(3)19(23)26-16(18)8-11/h6,8,15-18,21-22,25H,2-5,7,9-10H2,1H3/b11-8+,14-6+/t15-,16-,17-,18+/m1/s1. The van der Waals surface area contributed by atoms with Gasteiger partial charge >= 0.3 is 11.9 Å². The molecule has 0 radical (unpaired) electrons. The number of allylic oxidation sites excluding steroid dienone is 1. The summed E-state index contributed by atoms with van der Waals surface area (Å²) in [5.74, 6) is -2.07. The number of aliphatic hydroxyl groups excluding tert-OH is 2. The molecule has 1 heterocycles. The lowest BCUT2D eigenvalue weighted by molar-refractivity contribution is -0.270. The number of rotatable bonds is 5. The zero-order valence-corrected chi connectivity index (χ0v) is 15.8. The molecule has 0 spiro atoms. The molecule has 4 atom stereocenters. The maximum Gasteiger partial charge on any atom is 0.336 e. The van der Waals surface area contributed by atoms with E-state index >= 15 is 0 Å². The zero-order chi connectivity index (χ0) is 20.8. The molecule has 1 fully saturated rings. The minimum atomic E-state index is -0.891. The lowest BCUT2D eigenvalue weighted by Crippen LogP contribution is -2.35. The second-order valence-electron chi connectivity index (χ2n) is 6.94.